The second-order valence-electron chi connectivity index (χ2n) is 5.74. The Morgan fingerprint density at radius 1 is 0.880 bits per heavy atom. The molecule has 0 N–H and O–H groups in total. The molecule has 2 aromatic carbocycles. The third-order valence-electron chi connectivity index (χ3n) is 4.01. The molecule has 2 aromatic rings. The van der Waals surface area contributed by atoms with Crippen molar-refractivity contribution in [1.82, 2.24) is 0 Å². The van der Waals surface area contributed by atoms with Gasteiger partial charge in [0.2, 0.25) is 0 Å². The summed E-state index contributed by atoms with van der Waals surface area (Å²) in [5.74, 6) is -0.396. The zero-order valence-corrected chi connectivity index (χ0v) is 14.4. The summed E-state index contributed by atoms with van der Waals surface area (Å²) in [6.07, 6.45) is 0. The maximum absolute atomic E-state index is 12.5. The molecular weight excluding hydrogens is 357 g/mol. The number of rotatable bonds is 2. The van der Waals surface area contributed by atoms with Gasteiger partial charge in [-0.15, -0.1) is 0 Å². The van der Waals surface area contributed by atoms with Crippen LogP contribution in [0.25, 0.3) is 0 Å². The summed E-state index contributed by atoms with van der Waals surface area (Å²) in [7, 11) is -2.12. The number of hydrogen-bond acceptors (Lipinski definition) is 5. The molecule has 1 aliphatic rings. The number of anilines is 4. The molecule has 134 valence electrons. The fourth-order valence-electron chi connectivity index (χ4n) is 2.73. The Bertz CT molecular complexity index is 942. The predicted molar refractivity (Wildman–Crippen MR) is 89.3 cm³/mol. The Morgan fingerprint density at radius 3 is 1.96 bits per heavy atom. The molecule has 9 heteroatoms. The summed E-state index contributed by atoms with van der Waals surface area (Å²) in [4.78, 5) is 3.66. The molecule has 0 fully saturated rings. The van der Waals surface area contributed by atoms with Crippen molar-refractivity contribution in [3.8, 4) is 5.75 Å². The van der Waals surface area contributed by atoms with Gasteiger partial charge < -0.3 is 14.0 Å². The molecule has 1 aliphatic heterocycles. The highest BCUT2D eigenvalue weighted by molar-refractivity contribution is 7.88. The van der Waals surface area contributed by atoms with E-state index in [9.17, 15) is 21.6 Å². The zero-order valence-electron chi connectivity index (χ0n) is 13.6. The molecule has 0 atom stereocenters. The molecule has 0 saturated carbocycles. The fourth-order valence-corrected chi connectivity index (χ4v) is 3.18. The second-order valence-corrected chi connectivity index (χ2v) is 7.28. The molecule has 0 aliphatic carbocycles. The average Bonchev–Trinajstić information content (AvgIpc) is 2.51. The van der Waals surface area contributed by atoms with E-state index >= 15 is 0 Å². The summed E-state index contributed by atoms with van der Waals surface area (Å²) in [5.41, 5.74) is -1.37. The van der Waals surface area contributed by atoms with Crippen LogP contribution in [0.2, 0.25) is 0 Å². The predicted octanol–water partition coefficient (Wildman–Crippen LogP) is 4.07. The third-order valence-corrected chi connectivity index (χ3v) is 4.99. The van der Waals surface area contributed by atoms with Crippen molar-refractivity contribution < 1.29 is 25.8 Å². The molecule has 0 spiro atoms. The highest BCUT2D eigenvalue weighted by atomic mass is 32.2. The van der Waals surface area contributed by atoms with Crippen LogP contribution in [0.15, 0.2) is 36.4 Å². The van der Waals surface area contributed by atoms with Gasteiger partial charge in [0, 0.05) is 20.2 Å². The van der Waals surface area contributed by atoms with Crippen LogP contribution < -0.4 is 14.0 Å². The normalized spacial score (nSPS) is 14.2. The summed E-state index contributed by atoms with van der Waals surface area (Å²) >= 11 is 0. The first-order valence-corrected chi connectivity index (χ1v) is 8.65. The molecule has 0 aromatic heterocycles. The van der Waals surface area contributed by atoms with Crippen LogP contribution in [0.1, 0.15) is 5.56 Å². The minimum Gasteiger partial charge on any atom is -0.376 e. The number of halogens is 3. The lowest BCUT2D eigenvalue weighted by Crippen LogP contribution is -2.28. The quantitative estimate of drug-likeness (QED) is 0.587. The van der Waals surface area contributed by atoms with E-state index in [4.69, 9.17) is 0 Å². The summed E-state index contributed by atoms with van der Waals surface area (Å²) in [6, 6.07) is 9.81. The van der Waals surface area contributed by atoms with E-state index in [0.717, 1.165) is 22.6 Å². The van der Waals surface area contributed by atoms with Crippen LogP contribution in [-0.4, -0.2) is 28.0 Å². The summed E-state index contributed by atoms with van der Waals surface area (Å²) in [5, 5.41) is 0. The molecule has 0 saturated heterocycles. The van der Waals surface area contributed by atoms with Gasteiger partial charge in [-0.1, -0.05) is 6.07 Å². The Labute approximate surface area is 143 Å². The smallest absolute Gasteiger partial charge is 0.376 e. The Morgan fingerprint density at radius 2 is 1.40 bits per heavy atom. The van der Waals surface area contributed by atoms with Crippen molar-refractivity contribution in [1.29, 1.82) is 0 Å². The van der Waals surface area contributed by atoms with Gasteiger partial charge in [0.05, 0.1) is 22.7 Å². The number of aryl methyl sites for hydroxylation is 1. The van der Waals surface area contributed by atoms with Gasteiger partial charge in [-0.05, 0) is 36.8 Å². The Balaban J connectivity index is 2.04. The maximum atomic E-state index is 12.5. The van der Waals surface area contributed by atoms with Crippen molar-refractivity contribution in [2.45, 2.75) is 12.4 Å². The van der Waals surface area contributed by atoms with E-state index in [1.165, 1.54) is 18.2 Å². The first kappa shape index (κ1) is 17.4. The summed E-state index contributed by atoms with van der Waals surface area (Å²) < 4.78 is 64.1. The molecule has 0 amide bonds. The van der Waals surface area contributed by atoms with Crippen LogP contribution in [0.4, 0.5) is 35.9 Å². The highest BCUT2D eigenvalue weighted by Gasteiger charge is 2.48. The molecule has 25 heavy (non-hydrogen) atoms. The van der Waals surface area contributed by atoms with Crippen LogP contribution in [0.5, 0.6) is 5.75 Å². The van der Waals surface area contributed by atoms with Crippen molar-refractivity contribution in [3.63, 3.8) is 0 Å². The Hall–Kier alpha value is -2.42. The van der Waals surface area contributed by atoms with Gasteiger partial charge in [0.15, 0.2) is 0 Å². The lowest BCUT2D eigenvalue weighted by atomic mass is 10.1. The maximum Gasteiger partial charge on any atom is 0.534 e. The van der Waals surface area contributed by atoms with Crippen molar-refractivity contribution in [2.75, 3.05) is 23.9 Å². The fraction of sp³-hybridized carbons (Fsp3) is 0.250. The highest BCUT2D eigenvalue weighted by Crippen LogP contribution is 2.47. The van der Waals surface area contributed by atoms with Gasteiger partial charge >= 0.3 is 15.6 Å². The molecule has 0 radical (unpaired) electrons. The van der Waals surface area contributed by atoms with E-state index in [2.05, 4.69) is 4.18 Å². The van der Waals surface area contributed by atoms with Crippen LogP contribution >= 0.6 is 0 Å². The largest absolute Gasteiger partial charge is 0.534 e. The van der Waals surface area contributed by atoms with E-state index in [1.54, 1.807) is 11.9 Å². The van der Waals surface area contributed by atoms with Gasteiger partial charge in [-0.25, -0.2) is 0 Å². The van der Waals surface area contributed by atoms with E-state index in [-0.39, 0.29) is 0 Å². The van der Waals surface area contributed by atoms with Crippen LogP contribution in [0, 0.1) is 6.92 Å². The first-order chi connectivity index (χ1) is 11.5. The summed E-state index contributed by atoms with van der Waals surface area (Å²) in [6.45, 7) is 1.96. The molecule has 5 nitrogen and oxygen atoms in total. The number of hydrogen-bond donors (Lipinski definition) is 0. The van der Waals surface area contributed by atoms with Crippen molar-refractivity contribution in [3.05, 3.63) is 42.0 Å². The minimum atomic E-state index is -5.71. The number of fused-ring (bicyclic) bond motifs is 2. The minimum absolute atomic E-state index is 0.396. The molecular formula is C16H15F3N2O3S. The molecule has 0 unspecified atom stereocenters. The average molecular weight is 372 g/mol. The van der Waals surface area contributed by atoms with E-state index in [0.29, 0.717) is 5.69 Å². The SMILES string of the molecule is Cc1ccc2c(c1)N(C)c1ccc(OS(=O)(=O)C(F)(F)F)cc1N2C. The molecule has 1 heterocycles. The molecule has 3 rings (SSSR count). The van der Waals surface area contributed by atoms with E-state index < -0.39 is 21.4 Å². The van der Waals surface area contributed by atoms with Gasteiger partial charge in [0.1, 0.15) is 5.75 Å². The van der Waals surface area contributed by atoms with Crippen LogP contribution in [-0.2, 0) is 10.1 Å². The number of benzene rings is 2. The lowest BCUT2D eigenvalue weighted by Gasteiger charge is -2.36. The number of nitrogens with zero attached hydrogens (tertiary/aromatic N) is 2. The first-order valence-electron chi connectivity index (χ1n) is 7.24. The Kier molecular flexibility index (Phi) is 3.86. The van der Waals surface area contributed by atoms with E-state index in [1.807, 2.05) is 37.1 Å². The van der Waals surface area contributed by atoms with Crippen molar-refractivity contribution in [2.24, 2.45) is 0 Å². The third kappa shape index (κ3) is 2.88. The van der Waals surface area contributed by atoms with Crippen LogP contribution in [0.3, 0.4) is 0 Å². The zero-order chi connectivity index (χ0) is 18.6. The van der Waals surface area contributed by atoms with Crippen molar-refractivity contribution >= 4 is 32.9 Å². The van der Waals surface area contributed by atoms with Gasteiger partial charge in [0.25, 0.3) is 0 Å². The second kappa shape index (κ2) is 5.55. The van der Waals surface area contributed by atoms with Gasteiger partial charge in [-0.3, -0.25) is 0 Å². The topological polar surface area (TPSA) is 49.9 Å². The number of alkyl halides is 3. The monoisotopic (exact) mass is 372 g/mol. The standard InChI is InChI=1S/C16H15F3N2O3S/c1-10-4-6-12-14(8-10)20(2)13-7-5-11(9-15(13)21(12)3)24-25(22,23)16(17,18)19/h4-9H,1-3H3. The molecule has 0 bridgehead atoms. The lowest BCUT2D eigenvalue weighted by molar-refractivity contribution is -0.0500. The van der Waals surface area contributed by atoms with Gasteiger partial charge in [-0.2, -0.15) is 21.6 Å².